The van der Waals surface area contributed by atoms with Gasteiger partial charge in [-0.3, -0.25) is 4.79 Å². The first kappa shape index (κ1) is 15.4. The van der Waals surface area contributed by atoms with Crippen LogP contribution in [-0.4, -0.2) is 26.2 Å². The average Bonchev–Trinajstić information content (AvgIpc) is 3.29. The second-order valence-electron chi connectivity index (χ2n) is 4.65. The molecule has 0 spiro atoms. The third-order valence-corrected chi connectivity index (χ3v) is 3.77. The van der Waals surface area contributed by atoms with Crippen molar-refractivity contribution in [2.75, 3.05) is 14.2 Å². The molecule has 0 atom stereocenters. The lowest BCUT2D eigenvalue weighted by molar-refractivity contribution is -0.117. The van der Waals surface area contributed by atoms with Gasteiger partial charge in [0.2, 0.25) is 0 Å². The predicted octanol–water partition coefficient (Wildman–Crippen LogP) is 2.65. The Kier molecular flexibility index (Phi) is 4.86. The summed E-state index contributed by atoms with van der Waals surface area (Å²) in [6.45, 7) is 0. The summed E-state index contributed by atoms with van der Waals surface area (Å²) in [5.74, 6) is 0.760. The summed E-state index contributed by atoms with van der Waals surface area (Å²) < 4.78 is 11.1. The number of nitrogens with one attached hydrogen (secondary N) is 1. The molecule has 1 aliphatic rings. The summed E-state index contributed by atoms with van der Waals surface area (Å²) in [7, 11) is 3.08. The highest BCUT2D eigenvalue weighted by Crippen LogP contribution is 2.34. The number of methoxy groups -OCH3 is 2. The maximum absolute atomic E-state index is 11.9. The molecule has 0 bridgehead atoms. The van der Waals surface area contributed by atoms with Gasteiger partial charge in [-0.05, 0) is 36.6 Å². The van der Waals surface area contributed by atoms with Crippen molar-refractivity contribution in [2.45, 2.75) is 18.9 Å². The van der Waals surface area contributed by atoms with E-state index in [4.69, 9.17) is 14.7 Å². The van der Waals surface area contributed by atoms with Crippen molar-refractivity contribution in [3.8, 4) is 17.6 Å². The van der Waals surface area contributed by atoms with Crippen LogP contribution in [0.4, 0.5) is 0 Å². The first-order valence-electron chi connectivity index (χ1n) is 6.43. The fraction of sp³-hybridized carbons (Fsp3) is 0.333. The van der Waals surface area contributed by atoms with E-state index >= 15 is 0 Å². The molecule has 0 aliphatic heterocycles. The smallest absolute Gasteiger partial charge is 0.262 e. The quantitative estimate of drug-likeness (QED) is 0.654. The van der Waals surface area contributed by atoms with Gasteiger partial charge in [0.15, 0.2) is 11.5 Å². The van der Waals surface area contributed by atoms with E-state index < -0.39 is 0 Å². The van der Waals surface area contributed by atoms with Crippen LogP contribution in [0.15, 0.2) is 22.2 Å². The van der Waals surface area contributed by atoms with Crippen molar-refractivity contribution in [1.29, 1.82) is 5.26 Å². The molecule has 1 amide bonds. The van der Waals surface area contributed by atoms with Gasteiger partial charge in [-0.25, -0.2) is 0 Å². The highest BCUT2D eigenvalue weighted by Gasteiger charge is 2.24. The minimum absolute atomic E-state index is 0.0646. The molecule has 1 fully saturated rings. The zero-order valence-electron chi connectivity index (χ0n) is 11.8. The van der Waals surface area contributed by atoms with E-state index in [1.54, 1.807) is 19.2 Å². The van der Waals surface area contributed by atoms with E-state index in [1.165, 1.54) is 13.2 Å². The third-order valence-electron chi connectivity index (χ3n) is 3.08. The van der Waals surface area contributed by atoms with Gasteiger partial charge in [0.1, 0.15) is 11.6 Å². The standard InChI is InChI=1S/C15H15BrN2O3/c1-20-13-6-9(12(16)7-14(13)21-2)5-10(8-17)15(19)18-11-3-4-11/h5-7,11H,3-4H2,1-2H3,(H,18,19)/b10-5+. The summed E-state index contributed by atoms with van der Waals surface area (Å²) in [6.07, 6.45) is 3.48. The number of carbonyl (C=O) groups is 1. The molecule has 6 heteroatoms. The highest BCUT2D eigenvalue weighted by molar-refractivity contribution is 9.10. The molecule has 21 heavy (non-hydrogen) atoms. The number of nitriles is 1. The SMILES string of the molecule is COc1cc(Br)c(/C=C(\C#N)C(=O)NC2CC2)cc1OC. The van der Waals surface area contributed by atoms with Gasteiger partial charge in [0.25, 0.3) is 5.91 Å². The summed E-state index contributed by atoms with van der Waals surface area (Å²) in [5, 5.41) is 12.0. The van der Waals surface area contributed by atoms with Crippen molar-refractivity contribution < 1.29 is 14.3 Å². The lowest BCUT2D eigenvalue weighted by Crippen LogP contribution is -2.26. The van der Waals surface area contributed by atoms with Crippen LogP contribution >= 0.6 is 15.9 Å². The molecule has 0 radical (unpaired) electrons. The topological polar surface area (TPSA) is 71.3 Å². The van der Waals surface area contributed by atoms with E-state index in [2.05, 4.69) is 21.2 Å². The number of halogens is 1. The van der Waals surface area contributed by atoms with E-state index in [-0.39, 0.29) is 17.5 Å². The lowest BCUT2D eigenvalue weighted by atomic mass is 10.1. The Labute approximate surface area is 131 Å². The van der Waals surface area contributed by atoms with Crippen LogP contribution in [0.1, 0.15) is 18.4 Å². The van der Waals surface area contributed by atoms with E-state index in [0.717, 1.165) is 12.8 Å². The minimum Gasteiger partial charge on any atom is -0.493 e. The minimum atomic E-state index is -0.346. The Morgan fingerprint density at radius 1 is 1.38 bits per heavy atom. The first-order chi connectivity index (χ1) is 10.1. The number of hydrogen-bond acceptors (Lipinski definition) is 4. The monoisotopic (exact) mass is 350 g/mol. The summed E-state index contributed by atoms with van der Waals surface area (Å²) in [4.78, 5) is 11.9. The Hall–Kier alpha value is -2.00. The summed E-state index contributed by atoms with van der Waals surface area (Å²) >= 11 is 3.40. The van der Waals surface area contributed by atoms with Crippen molar-refractivity contribution in [1.82, 2.24) is 5.32 Å². The Bertz CT molecular complexity index is 631. The molecule has 2 rings (SSSR count). The molecule has 1 N–H and O–H groups in total. The van der Waals surface area contributed by atoms with Gasteiger partial charge in [0.05, 0.1) is 14.2 Å². The molecule has 0 unspecified atom stereocenters. The zero-order chi connectivity index (χ0) is 15.4. The molecule has 110 valence electrons. The summed E-state index contributed by atoms with van der Waals surface area (Å²) in [6, 6.07) is 5.59. The van der Waals surface area contributed by atoms with E-state index in [9.17, 15) is 4.79 Å². The number of carbonyl (C=O) groups excluding carboxylic acids is 1. The van der Waals surface area contributed by atoms with Crippen LogP contribution in [0.25, 0.3) is 6.08 Å². The van der Waals surface area contributed by atoms with E-state index in [0.29, 0.717) is 21.5 Å². The number of hydrogen-bond donors (Lipinski definition) is 1. The van der Waals surface area contributed by atoms with Crippen LogP contribution in [0.3, 0.4) is 0 Å². The molecular formula is C15H15BrN2O3. The second kappa shape index (κ2) is 6.64. The number of nitrogens with zero attached hydrogens (tertiary/aromatic N) is 1. The van der Waals surface area contributed by atoms with Gasteiger partial charge >= 0.3 is 0 Å². The summed E-state index contributed by atoms with van der Waals surface area (Å²) in [5.41, 5.74) is 0.741. The number of benzene rings is 1. The average molecular weight is 351 g/mol. The van der Waals surface area contributed by atoms with Crippen molar-refractivity contribution in [3.05, 3.63) is 27.7 Å². The van der Waals surface area contributed by atoms with Gasteiger partial charge in [-0.15, -0.1) is 0 Å². The molecule has 0 heterocycles. The normalized spacial score (nSPS) is 14.3. The predicted molar refractivity (Wildman–Crippen MR) is 82.0 cm³/mol. The molecule has 5 nitrogen and oxygen atoms in total. The van der Waals surface area contributed by atoms with Gasteiger partial charge in [-0.1, -0.05) is 15.9 Å². The van der Waals surface area contributed by atoms with E-state index in [1.807, 2.05) is 6.07 Å². The number of rotatable bonds is 5. The highest BCUT2D eigenvalue weighted by atomic mass is 79.9. The molecule has 0 aromatic heterocycles. The van der Waals surface area contributed by atoms with Crippen LogP contribution in [-0.2, 0) is 4.79 Å². The van der Waals surface area contributed by atoms with Crippen LogP contribution < -0.4 is 14.8 Å². The zero-order valence-corrected chi connectivity index (χ0v) is 13.4. The fourth-order valence-corrected chi connectivity index (χ4v) is 2.21. The van der Waals surface area contributed by atoms with Crippen molar-refractivity contribution in [3.63, 3.8) is 0 Å². The Morgan fingerprint density at radius 2 is 2.00 bits per heavy atom. The van der Waals surface area contributed by atoms with Gasteiger partial charge in [-0.2, -0.15) is 5.26 Å². The third kappa shape index (κ3) is 3.76. The lowest BCUT2D eigenvalue weighted by Gasteiger charge is -2.10. The molecule has 1 aliphatic carbocycles. The first-order valence-corrected chi connectivity index (χ1v) is 7.22. The van der Waals surface area contributed by atoms with Crippen LogP contribution in [0.2, 0.25) is 0 Å². The number of amides is 1. The molecule has 1 saturated carbocycles. The van der Waals surface area contributed by atoms with Crippen molar-refractivity contribution >= 4 is 27.9 Å². The maximum Gasteiger partial charge on any atom is 0.262 e. The second-order valence-corrected chi connectivity index (χ2v) is 5.50. The Morgan fingerprint density at radius 3 is 2.52 bits per heavy atom. The molecule has 1 aromatic carbocycles. The Balaban J connectivity index is 2.32. The largest absolute Gasteiger partial charge is 0.493 e. The van der Waals surface area contributed by atoms with Crippen LogP contribution in [0.5, 0.6) is 11.5 Å². The van der Waals surface area contributed by atoms with Gasteiger partial charge < -0.3 is 14.8 Å². The van der Waals surface area contributed by atoms with Crippen LogP contribution in [0, 0.1) is 11.3 Å². The maximum atomic E-state index is 11.9. The molecule has 1 aromatic rings. The molecule has 0 saturated heterocycles. The fourth-order valence-electron chi connectivity index (χ4n) is 1.78. The van der Waals surface area contributed by atoms with Gasteiger partial charge in [0, 0.05) is 10.5 Å². The number of ether oxygens (including phenoxy) is 2. The molecular weight excluding hydrogens is 336 g/mol. The van der Waals surface area contributed by atoms with Crippen molar-refractivity contribution in [2.24, 2.45) is 0 Å².